The standard InChI is InChI=1S/C19H24N2O3/c1-12-6-5-7-14(10-12)11-17(22)20-21-19(23)18-13(2)15-8-3-4-9-16(15)24-18/h3-4,8-9,12,14H,5-7,10-11H2,1-2H3,(H,20,22)(H,21,23). The van der Waals surface area contributed by atoms with Gasteiger partial charge in [-0.05, 0) is 37.7 Å². The van der Waals surface area contributed by atoms with Crippen molar-refractivity contribution < 1.29 is 14.0 Å². The molecule has 128 valence electrons. The number of benzene rings is 1. The minimum atomic E-state index is -0.422. The average molecular weight is 328 g/mol. The van der Waals surface area contributed by atoms with Gasteiger partial charge in [-0.1, -0.05) is 38.0 Å². The first-order valence-electron chi connectivity index (χ1n) is 8.62. The first kappa shape index (κ1) is 16.6. The second kappa shape index (κ2) is 7.07. The number of carbonyl (C=O) groups excluding carboxylic acids is 2. The van der Waals surface area contributed by atoms with E-state index in [4.69, 9.17) is 4.42 Å². The molecule has 0 spiro atoms. The number of amides is 2. The van der Waals surface area contributed by atoms with Crippen LogP contribution in [0.1, 0.15) is 55.1 Å². The second-order valence-electron chi connectivity index (χ2n) is 6.90. The van der Waals surface area contributed by atoms with Gasteiger partial charge in [0, 0.05) is 17.4 Å². The molecule has 0 radical (unpaired) electrons. The van der Waals surface area contributed by atoms with Gasteiger partial charge in [0.25, 0.3) is 0 Å². The summed E-state index contributed by atoms with van der Waals surface area (Å²) in [6.45, 7) is 4.07. The number of carbonyl (C=O) groups is 2. The summed E-state index contributed by atoms with van der Waals surface area (Å²) < 4.78 is 5.59. The second-order valence-corrected chi connectivity index (χ2v) is 6.90. The summed E-state index contributed by atoms with van der Waals surface area (Å²) in [5.74, 6) is 0.774. The molecule has 0 saturated heterocycles. The van der Waals surface area contributed by atoms with E-state index in [1.807, 2.05) is 31.2 Å². The maximum Gasteiger partial charge on any atom is 0.305 e. The van der Waals surface area contributed by atoms with Gasteiger partial charge in [0.2, 0.25) is 5.91 Å². The fourth-order valence-electron chi connectivity index (χ4n) is 3.63. The summed E-state index contributed by atoms with van der Waals surface area (Å²) in [6, 6.07) is 7.50. The number of aryl methyl sites for hydroxylation is 1. The van der Waals surface area contributed by atoms with Crippen LogP contribution in [0.15, 0.2) is 28.7 Å². The Morgan fingerprint density at radius 2 is 2.00 bits per heavy atom. The highest BCUT2D eigenvalue weighted by atomic mass is 16.3. The van der Waals surface area contributed by atoms with Crippen molar-refractivity contribution in [3.8, 4) is 0 Å². The molecule has 24 heavy (non-hydrogen) atoms. The predicted molar refractivity (Wildman–Crippen MR) is 92.3 cm³/mol. The highest BCUT2D eigenvalue weighted by molar-refractivity contribution is 5.99. The van der Waals surface area contributed by atoms with Crippen LogP contribution in [0.3, 0.4) is 0 Å². The third kappa shape index (κ3) is 3.61. The zero-order valence-electron chi connectivity index (χ0n) is 14.2. The van der Waals surface area contributed by atoms with Crippen molar-refractivity contribution in [2.75, 3.05) is 0 Å². The van der Waals surface area contributed by atoms with Crippen molar-refractivity contribution in [1.29, 1.82) is 0 Å². The molecule has 5 heteroatoms. The average Bonchev–Trinajstić information content (AvgIpc) is 2.90. The van der Waals surface area contributed by atoms with Gasteiger partial charge in [-0.25, -0.2) is 0 Å². The summed E-state index contributed by atoms with van der Waals surface area (Å²) in [6.07, 6.45) is 5.08. The SMILES string of the molecule is Cc1c(C(=O)NNC(=O)CC2CCCC(C)C2)oc2ccccc12. The molecule has 1 heterocycles. The molecule has 1 saturated carbocycles. The molecule has 2 aromatic rings. The van der Waals surface area contributed by atoms with Crippen molar-refractivity contribution in [2.24, 2.45) is 11.8 Å². The van der Waals surface area contributed by atoms with E-state index in [-0.39, 0.29) is 11.7 Å². The zero-order valence-corrected chi connectivity index (χ0v) is 14.2. The van der Waals surface area contributed by atoms with Gasteiger partial charge < -0.3 is 4.42 Å². The van der Waals surface area contributed by atoms with Crippen LogP contribution in [-0.2, 0) is 4.79 Å². The normalized spacial score (nSPS) is 20.8. The van der Waals surface area contributed by atoms with Crippen LogP contribution in [0.5, 0.6) is 0 Å². The van der Waals surface area contributed by atoms with Crippen LogP contribution in [0.25, 0.3) is 11.0 Å². The number of hydrazine groups is 1. The quantitative estimate of drug-likeness (QED) is 0.844. The lowest BCUT2D eigenvalue weighted by Gasteiger charge is -2.26. The van der Waals surface area contributed by atoms with Gasteiger partial charge in [-0.15, -0.1) is 0 Å². The molecule has 1 aromatic heterocycles. The topological polar surface area (TPSA) is 71.3 Å². The summed E-state index contributed by atoms with van der Waals surface area (Å²) >= 11 is 0. The Morgan fingerprint density at radius 3 is 2.75 bits per heavy atom. The lowest BCUT2D eigenvalue weighted by molar-refractivity contribution is -0.123. The minimum Gasteiger partial charge on any atom is -0.451 e. The molecule has 5 nitrogen and oxygen atoms in total. The van der Waals surface area contributed by atoms with Gasteiger partial charge in [0.05, 0.1) is 0 Å². The minimum absolute atomic E-state index is 0.142. The molecular formula is C19H24N2O3. The molecular weight excluding hydrogens is 304 g/mol. The smallest absolute Gasteiger partial charge is 0.305 e. The summed E-state index contributed by atoms with van der Waals surface area (Å²) in [7, 11) is 0. The third-order valence-corrected chi connectivity index (χ3v) is 4.88. The fourth-order valence-corrected chi connectivity index (χ4v) is 3.63. The van der Waals surface area contributed by atoms with E-state index in [2.05, 4.69) is 17.8 Å². The Labute approximate surface area is 141 Å². The summed E-state index contributed by atoms with van der Waals surface area (Å²) in [5.41, 5.74) is 6.43. The predicted octanol–water partition coefficient (Wildman–Crippen LogP) is 3.72. The van der Waals surface area contributed by atoms with Gasteiger partial charge in [-0.2, -0.15) is 0 Å². The monoisotopic (exact) mass is 328 g/mol. The molecule has 0 aliphatic heterocycles. The lowest BCUT2D eigenvalue weighted by Crippen LogP contribution is -2.42. The number of hydrogen-bond donors (Lipinski definition) is 2. The van der Waals surface area contributed by atoms with Crippen LogP contribution in [-0.4, -0.2) is 11.8 Å². The van der Waals surface area contributed by atoms with E-state index >= 15 is 0 Å². The molecule has 2 N–H and O–H groups in total. The molecule has 1 aliphatic rings. The van der Waals surface area contributed by atoms with E-state index in [1.165, 1.54) is 12.8 Å². The number of nitrogens with one attached hydrogen (secondary N) is 2. The molecule has 2 atom stereocenters. The largest absolute Gasteiger partial charge is 0.451 e. The lowest BCUT2D eigenvalue weighted by atomic mass is 9.81. The highest BCUT2D eigenvalue weighted by Crippen LogP contribution is 2.30. The van der Waals surface area contributed by atoms with Gasteiger partial charge in [0.1, 0.15) is 5.58 Å². The van der Waals surface area contributed by atoms with Crippen molar-refractivity contribution in [2.45, 2.75) is 46.0 Å². The zero-order chi connectivity index (χ0) is 17.1. The molecule has 2 amide bonds. The van der Waals surface area contributed by atoms with Crippen LogP contribution >= 0.6 is 0 Å². The number of hydrogen-bond acceptors (Lipinski definition) is 3. The van der Waals surface area contributed by atoms with Crippen molar-refractivity contribution in [3.05, 3.63) is 35.6 Å². The van der Waals surface area contributed by atoms with Crippen molar-refractivity contribution in [3.63, 3.8) is 0 Å². The van der Waals surface area contributed by atoms with Crippen molar-refractivity contribution in [1.82, 2.24) is 10.9 Å². The van der Waals surface area contributed by atoms with E-state index in [0.717, 1.165) is 23.8 Å². The van der Waals surface area contributed by atoms with Crippen molar-refractivity contribution >= 4 is 22.8 Å². The maximum absolute atomic E-state index is 12.3. The Morgan fingerprint density at radius 1 is 1.21 bits per heavy atom. The molecule has 3 rings (SSSR count). The van der Waals surface area contributed by atoms with Crippen LogP contribution in [0.4, 0.5) is 0 Å². The van der Waals surface area contributed by atoms with Crippen LogP contribution in [0, 0.1) is 18.8 Å². The molecule has 1 fully saturated rings. The number of rotatable bonds is 3. The van der Waals surface area contributed by atoms with Crippen LogP contribution < -0.4 is 10.9 Å². The van der Waals surface area contributed by atoms with E-state index < -0.39 is 5.91 Å². The Kier molecular flexibility index (Phi) is 4.88. The van der Waals surface area contributed by atoms with Gasteiger partial charge in [-0.3, -0.25) is 20.4 Å². The molecule has 1 aliphatic carbocycles. The van der Waals surface area contributed by atoms with E-state index in [1.54, 1.807) is 0 Å². The molecule has 2 unspecified atom stereocenters. The number of furan rings is 1. The van der Waals surface area contributed by atoms with Gasteiger partial charge >= 0.3 is 5.91 Å². The third-order valence-electron chi connectivity index (χ3n) is 4.88. The summed E-state index contributed by atoms with van der Waals surface area (Å²) in [4.78, 5) is 24.3. The molecule has 0 bridgehead atoms. The van der Waals surface area contributed by atoms with E-state index in [0.29, 0.717) is 23.8 Å². The Balaban J connectivity index is 1.56. The first-order chi connectivity index (χ1) is 11.5. The highest BCUT2D eigenvalue weighted by Gasteiger charge is 2.22. The van der Waals surface area contributed by atoms with Gasteiger partial charge in [0.15, 0.2) is 5.76 Å². The summed E-state index contributed by atoms with van der Waals surface area (Å²) in [5, 5.41) is 0.908. The Bertz CT molecular complexity index is 750. The van der Waals surface area contributed by atoms with E-state index in [9.17, 15) is 9.59 Å². The van der Waals surface area contributed by atoms with Crippen LogP contribution in [0.2, 0.25) is 0 Å². The molecule has 1 aromatic carbocycles. The Hall–Kier alpha value is -2.30. The number of fused-ring (bicyclic) bond motifs is 1. The number of para-hydroxylation sites is 1. The maximum atomic E-state index is 12.3. The fraction of sp³-hybridized carbons (Fsp3) is 0.474. The first-order valence-corrected chi connectivity index (χ1v) is 8.62.